The molecule has 2 aromatic carbocycles. The largest absolute Gasteiger partial charge is 0.388 e. The summed E-state index contributed by atoms with van der Waals surface area (Å²) in [6.45, 7) is 10.5. The average molecular weight is 492 g/mol. The molecule has 2 aliphatic heterocycles. The van der Waals surface area contributed by atoms with Crippen LogP contribution in [0.3, 0.4) is 0 Å². The molecule has 2 aromatic rings. The number of benzene rings is 2. The molecule has 2 saturated heterocycles. The van der Waals surface area contributed by atoms with Gasteiger partial charge >= 0.3 is 0 Å². The number of hydrogen-bond donors (Lipinski definition) is 1. The van der Waals surface area contributed by atoms with Crippen LogP contribution in [0, 0.1) is 0 Å². The summed E-state index contributed by atoms with van der Waals surface area (Å²) in [6, 6.07) is 16.4. The van der Waals surface area contributed by atoms with E-state index in [9.17, 15) is 9.59 Å². The van der Waals surface area contributed by atoms with E-state index >= 15 is 0 Å². The van der Waals surface area contributed by atoms with Gasteiger partial charge in [0.2, 0.25) is 0 Å². The van der Waals surface area contributed by atoms with E-state index in [4.69, 9.17) is 9.84 Å². The standard InChI is InChI=1S/C29H37N3O4/c1-22-17-31(19-25-8-6-24(7-9-25)10-11-28(34)21-33)18-23(2)32(22)29(35)27-5-3-4-26(16-27)20-30-12-14-36-15-13-30/h3-11,16,22-23,33H,12-15,17-21H2,1-2H3/b11-10+/t22-,23+. The molecule has 0 saturated carbocycles. The van der Waals surface area contributed by atoms with Crippen LogP contribution >= 0.6 is 0 Å². The van der Waals surface area contributed by atoms with Crippen LogP contribution < -0.4 is 0 Å². The molecule has 0 unspecified atom stereocenters. The molecule has 7 nitrogen and oxygen atoms in total. The van der Waals surface area contributed by atoms with Gasteiger partial charge in [0, 0.05) is 56.9 Å². The predicted octanol–water partition coefficient (Wildman–Crippen LogP) is 2.83. The van der Waals surface area contributed by atoms with Gasteiger partial charge in [0.25, 0.3) is 5.91 Å². The van der Waals surface area contributed by atoms with Gasteiger partial charge in [0.1, 0.15) is 6.61 Å². The molecule has 1 amide bonds. The molecular weight excluding hydrogens is 454 g/mol. The van der Waals surface area contributed by atoms with E-state index in [1.54, 1.807) is 6.08 Å². The van der Waals surface area contributed by atoms with Crippen molar-refractivity contribution in [1.29, 1.82) is 0 Å². The molecule has 2 fully saturated rings. The van der Waals surface area contributed by atoms with Gasteiger partial charge in [-0.05, 0) is 48.7 Å². The van der Waals surface area contributed by atoms with Gasteiger partial charge in [0.05, 0.1) is 13.2 Å². The van der Waals surface area contributed by atoms with Crippen LogP contribution in [0.1, 0.15) is 40.9 Å². The van der Waals surface area contributed by atoms with Crippen molar-refractivity contribution in [2.75, 3.05) is 46.0 Å². The first-order valence-corrected chi connectivity index (χ1v) is 12.8. The van der Waals surface area contributed by atoms with Crippen LogP contribution in [-0.4, -0.2) is 89.6 Å². The Labute approximate surface area is 214 Å². The first kappa shape index (κ1) is 26.2. The molecule has 0 aliphatic carbocycles. The number of hydrogen-bond acceptors (Lipinski definition) is 6. The van der Waals surface area contributed by atoms with Crippen molar-refractivity contribution in [3.05, 3.63) is 76.9 Å². The molecule has 0 spiro atoms. The number of nitrogens with zero attached hydrogens (tertiary/aromatic N) is 3. The van der Waals surface area contributed by atoms with Gasteiger partial charge in [-0.2, -0.15) is 0 Å². The van der Waals surface area contributed by atoms with E-state index in [2.05, 4.69) is 41.8 Å². The van der Waals surface area contributed by atoms with Gasteiger partial charge in [-0.1, -0.05) is 42.5 Å². The van der Waals surface area contributed by atoms with Crippen molar-refractivity contribution in [3.8, 4) is 0 Å². The molecule has 7 heteroatoms. The van der Waals surface area contributed by atoms with Crippen LogP contribution in [0.5, 0.6) is 0 Å². The molecule has 4 rings (SSSR count). The normalized spacial score (nSPS) is 21.7. The van der Waals surface area contributed by atoms with Gasteiger partial charge in [-0.25, -0.2) is 0 Å². The fourth-order valence-electron chi connectivity index (χ4n) is 5.17. The number of piperazine rings is 1. The first-order valence-electron chi connectivity index (χ1n) is 12.8. The summed E-state index contributed by atoms with van der Waals surface area (Å²) in [6.07, 6.45) is 3.11. The Morgan fingerprint density at radius 1 is 0.944 bits per heavy atom. The second-order valence-corrected chi connectivity index (χ2v) is 9.89. The minimum Gasteiger partial charge on any atom is -0.388 e. The molecule has 0 radical (unpaired) electrons. The fraction of sp³-hybridized carbons (Fsp3) is 0.448. The number of amides is 1. The number of morpholine rings is 1. The van der Waals surface area contributed by atoms with Crippen LogP contribution in [0.2, 0.25) is 0 Å². The summed E-state index contributed by atoms with van der Waals surface area (Å²) >= 11 is 0. The summed E-state index contributed by atoms with van der Waals surface area (Å²) in [5, 5.41) is 8.84. The monoisotopic (exact) mass is 491 g/mol. The lowest BCUT2D eigenvalue weighted by Gasteiger charge is -2.44. The molecule has 2 aliphatic rings. The first-order chi connectivity index (χ1) is 17.4. The maximum absolute atomic E-state index is 13.5. The molecule has 2 atom stereocenters. The second-order valence-electron chi connectivity index (χ2n) is 9.89. The Balaban J connectivity index is 1.35. The molecule has 36 heavy (non-hydrogen) atoms. The van der Waals surface area contributed by atoms with Crippen molar-refractivity contribution in [3.63, 3.8) is 0 Å². The van der Waals surface area contributed by atoms with Gasteiger partial charge in [-0.15, -0.1) is 0 Å². The van der Waals surface area contributed by atoms with Gasteiger partial charge < -0.3 is 14.7 Å². The Morgan fingerprint density at radius 3 is 2.28 bits per heavy atom. The summed E-state index contributed by atoms with van der Waals surface area (Å²) < 4.78 is 5.45. The summed E-state index contributed by atoms with van der Waals surface area (Å²) in [4.78, 5) is 31.6. The zero-order chi connectivity index (χ0) is 25.5. The van der Waals surface area contributed by atoms with Gasteiger partial charge in [0.15, 0.2) is 5.78 Å². The van der Waals surface area contributed by atoms with E-state index < -0.39 is 6.61 Å². The highest BCUT2D eigenvalue weighted by atomic mass is 16.5. The van der Waals surface area contributed by atoms with Crippen LogP contribution in [0.25, 0.3) is 6.08 Å². The minimum absolute atomic E-state index is 0.104. The zero-order valence-corrected chi connectivity index (χ0v) is 21.3. The minimum atomic E-state index is -0.473. The number of aliphatic hydroxyl groups excluding tert-OH is 1. The number of carbonyl (C=O) groups is 2. The quantitative estimate of drug-likeness (QED) is 0.573. The predicted molar refractivity (Wildman–Crippen MR) is 140 cm³/mol. The van der Waals surface area contributed by atoms with Crippen LogP contribution in [-0.2, 0) is 22.6 Å². The Hall–Kier alpha value is -2.84. The average Bonchev–Trinajstić information content (AvgIpc) is 2.88. The van der Waals surface area contributed by atoms with Crippen molar-refractivity contribution in [1.82, 2.24) is 14.7 Å². The van der Waals surface area contributed by atoms with Crippen molar-refractivity contribution >= 4 is 17.8 Å². The lowest BCUT2D eigenvalue weighted by atomic mass is 10.0. The SMILES string of the molecule is C[C@@H]1CN(Cc2ccc(/C=C/C(=O)CO)cc2)C[C@H](C)N1C(=O)c1cccc(CN2CCOCC2)c1. The number of rotatable bonds is 8. The summed E-state index contributed by atoms with van der Waals surface area (Å²) in [5.41, 5.74) is 4.04. The Kier molecular flexibility index (Phi) is 9.04. The maximum Gasteiger partial charge on any atom is 0.254 e. The number of carbonyl (C=O) groups excluding carboxylic acids is 2. The molecule has 0 bridgehead atoms. The van der Waals surface area contributed by atoms with Gasteiger partial charge in [-0.3, -0.25) is 19.4 Å². The molecule has 2 heterocycles. The third kappa shape index (κ3) is 6.89. The summed E-state index contributed by atoms with van der Waals surface area (Å²) in [5.74, 6) is -0.203. The molecular formula is C29H37N3O4. The Morgan fingerprint density at radius 2 is 1.61 bits per heavy atom. The lowest BCUT2D eigenvalue weighted by Crippen LogP contribution is -2.58. The number of aliphatic hydroxyl groups is 1. The molecule has 1 N–H and O–H groups in total. The highest BCUT2D eigenvalue weighted by molar-refractivity contribution is 5.95. The smallest absolute Gasteiger partial charge is 0.254 e. The Bertz CT molecular complexity index is 1050. The van der Waals surface area contributed by atoms with E-state index in [1.807, 2.05) is 35.2 Å². The summed E-state index contributed by atoms with van der Waals surface area (Å²) in [7, 11) is 0. The maximum atomic E-state index is 13.5. The topological polar surface area (TPSA) is 73.3 Å². The number of ketones is 1. The van der Waals surface area contributed by atoms with E-state index in [-0.39, 0.29) is 23.8 Å². The third-order valence-corrected chi connectivity index (χ3v) is 6.92. The second kappa shape index (κ2) is 12.4. The molecule has 0 aromatic heterocycles. The van der Waals surface area contributed by atoms with Crippen LogP contribution in [0.4, 0.5) is 0 Å². The lowest BCUT2D eigenvalue weighted by molar-refractivity contribution is -0.117. The van der Waals surface area contributed by atoms with E-state index in [0.29, 0.717) is 0 Å². The van der Waals surface area contributed by atoms with E-state index in [1.165, 1.54) is 17.2 Å². The van der Waals surface area contributed by atoms with Crippen molar-refractivity contribution < 1.29 is 19.4 Å². The zero-order valence-electron chi connectivity index (χ0n) is 21.3. The third-order valence-electron chi connectivity index (χ3n) is 6.92. The molecule has 192 valence electrons. The highest BCUT2D eigenvalue weighted by Gasteiger charge is 2.33. The van der Waals surface area contributed by atoms with Crippen LogP contribution in [0.15, 0.2) is 54.6 Å². The van der Waals surface area contributed by atoms with Crippen molar-refractivity contribution in [2.45, 2.75) is 39.0 Å². The van der Waals surface area contributed by atoms with Crippen molar-refractivity contribution in [2.24, 2.45) is 0 Å². The fourth-order valence-corrected chi connectivity index (χ4v) is 5.17. The van der Waals surface area contributed by atoms with E-state index in [0.717, 1.165) is 63.6 Å². The highest BCUT2D eigenvalue weighted by Crippen LogP contribution is 2.22. The number of ether oxygens (including phenoxy) is 1.